The fraction of sp³-hybridized carbons (Fsp3) is 0.333. The highest BCUT2D eigenvalue weighted by Crippen LogP contribution is 2.30. The predicted molar refractivity (Wildman–Crippen MR) is 59.9 cm³/mol. The maximum atomic E-state index is 11.4. The molecule has 1 aromatic carbocycles. The lowest BCUT2D eigenvalue weighted by Gasteiger charge is -2.13. The third kappa shape index (κ3) is 2.08. The van der Waals surface area contributed by atoms with Gasteiger partial charge in [-0.3, -0.25) is 9.59 Å². The van der Waals surface area contributed by atoms with Crippen LogP contribution in [0.5, 0.6) is 5.75 Å². The van der Waals surface area contributed by atoms with Crippen molar-refractivity contribution in [2.45, 2.75) is 5.92 Å². The molecule has 0 unspecified atom stereocenters. The summed E-state index contributed by atoms with van der Waals surface area (Å²) in [6.45, 7) is 0.363. The molecular formula is C12H13NO4. The van der Waals surface area contributed by atoms with Crippen molar-refractivity contribution in [2.75, 3.05) is 13.7 Å². The van der Waals surface area contributed by atoms with Gasteiger partial charge in [-0.2, -0.15) is 0 Å². The van der Waals surface area contributed by atoms with Crippen LogP contribution in [0.1, 0.15) is 11.5 Å². The average molecular weight is 235 g/mol. The molecule has 17 heavy (non-hydrogen) atoms. The maximum Gasteiger partial charge on any atom is 0.316 e. The topological polar surface area (TPSA) is 75.6 Å². The molecular weight excluding hydrogens is 222 g/mol. The Morgan fingerprint density at radius 1 is 1.41 bits per heavy atom. The van der Waals surface area contributed by atoms with Crippen molar-refractivity contribution >= 4 is 11.9 Å². The molecule has 1 aliphatic heterocycles. The van der Waals surface area contributed by atoms with Gasteiger partial charge in [-0.25, -0.2) is 0 Å². The summed E-state index contributed by atoms with van der Waals surface area (Å²) >= 11 is 0. The number of aliphatic carboxylic acids is 1. The van der Waals surface area contributed by atoms with E-state index in [0.29, 0.717) is 12.3 Å². The molecule has 0 aromatic heterocycles. The number of nitrogens with one attached hydrogen (secondary N) is 1. The number of hydrogen-bond donors (Lipinski definition) is 2. The minimum atomic E-state index is -1.08. The Kier molecular flexibility index (Phi) is 2.99. The van der Waals surface area contributed by atoms with Crippen molar-refractivity contribution in [2.24, 2.45) is 5.92 Å². The highest BCUT2D eigenvalue weighted by atomic mass is 16.5. The van der Waals surface area contributed by atoms with Crippen molar-refractivity contribution in [1.29, 1.82) is 0 Å². The van der Waals surface area contributed by atoms with Crippen LogP contribution in [0.15, 0.2) is 24.3 Å². The Labute approximate surface area is 98.4 Å². The predicted octanol–water partition coefficient (Wildman–Crippen LogP) is 0.609. The lowest BCUT2D eigenvalue weighted by molar-refractivity contribution is -0.145. The SMILES string of the molecule is COc1ccc([C@@H]2CNC(=O)[C@@H]2C(=O)O)cc1. The maximum absolute atomic E-state index is 11.4. The highest BCUT2D eigenvalue weighted by molar-refractivity contribution is 5.99. The first-order valence-corrected chi connectivity index (χ1v) is 5.28. The second-order valence-corrected chi connectivity index (χ2v) is 3.94. The molecule has 2 atom stereocenters. The molecule has 1 heterocycles. The summed E-state index contributed by atoms with van der Waals surface area (Å²) in [7, 11) is 1.57. The molecule has 0 aliphatic carbocycles. The van der Waals surface area contributed by atoms with Crippen molar-refractivity contribution in [1.82, 2.24) is 5.32 Å². The second-order valence-electron chi connectivity index (χ2n) is 3.94. The van der Waals surface area contributed by atoms with Gasteiger partial charge in [0, 0.05) is 12.5 Å². The number of carboxylic acid groups (broad SMARTS) is 1. The van der Waals surface area contributed by atoms with Crippen molar-refractivity contribution in [3.05, 3.63) is 29.8 Å². The van der Waals surface area contributed by atoms with Crippen LogP contribution in [0.4, 0.5) is 0 Å². The number of benzene rings is 1. The number of methoxy groups -OCH3 is 1. The summed E-state index contributed by atoms with van der Waals surface area (Å²) in [5.74, 6) is -2.11. The van der Waals surface area contributed by atoms with Gasteiger partial charge in [-0.15, -0.1) is 0 Å². The lowest BCUT2D eigenvalue weighted by Crippen LogP contribution is -2.26. The molecule has 0 radical (unpaired) electrons. The fourth-order valence-corrected chi connectivity index (χ4v) is 2.07. The molecule has 0 spiro atoms. The first-order chi connectivity index (χ1) is 8.13. The van der Waals surface area contributed by atoms with E-state index in [2.05, 4.69) is 5.32 Å². The third-order valence-electron chi connectivity index (χ3n) is 2.99. The quantitative estimate of drug-likeness (QED) is 0.753. The minimum absolute atomic E-state index is 0.314. The third-order valence-corrected chi connectivity index (χ3v) is 2.99. The number of carboxylic acids is 1. The van der Waals surface area contributed by atoms with E-state index in [1.54, 1.807) is 31.4 Å². The Balaban J connectivity index is 2.26. The van der Waals surface area contributed by atoms with Crippen LogP contribution in [0.3, 0.4) is 0 Å². The van der Waals surface area contributed by atoms with Gasteiger partial charge in [0.25, 0.3) is 0 Å². The van der Waals surface area contributed by atoms with E-state index in [1.165, 1.54) is 0 Å². The monoisotopic (exact) mass is 235 g/mol. The van der Waals surface area contributed by atoms with Gasteiger partial charge >= 0.3 is 5.97 Å². The summed E-state index contributed by atoms with van der Waals surface area (Å²) in [5, 5.41) is 11.6. The number of amides is 1. The van der Waals surface area contributed by atoms with Gasteiger partial charge in [0.05, 0.1) is 7.11 Å². The van der Waals surface area contributed by atoms with E-state index >= 15 is 0 Å². The van der Waals surface area contributed by atoms with E-state index in [4.69, 9.17) is 9.84 Å². The Bertz CT molecular complexity index is 440. The van der Waals surface area contributed by atoms with Crippen LogP contribution in [0.2, 0.25) is 0 Å². The van der Waals surface area contributed by atoms with Crippen molar-refractivity contribution < 1.29 is 19.4 Å². The van der Waals surface area contributed by atoms with E-state index in [-0.39, 0.29) is 5.92 Å². The average Bonchev–Trinajstić information content (AvgIpc) is 2.71. The van der Waals surface area contributed by atoms with Crippen molar-refractivity contribution in [3.8, 4) is 5.75 Å². The Morgan fingerprint density at radius 2 is 2.06 bits per heavy atom. The molecule has 1 aliphatic rings. The summed E-state index contributed by atoms with van der Waals surface area (Å²) in [6, 6.07) is 7.10. The summed E-state index contributed by atoms with van der Waals surface area (Å²) in [6.07, 6.45) is 0. The van der Waals surface area contributed by atoms with E-state index in [0.717, 1.165) is 5.56 Å². The molecule has 0 bridgehead atoms. The van der Waals surface area contributed by atoms with Crippen molar-refractivity contribution in [3.63, 3.8) is 0 Å². The van der Waals surface area contributed by atoms with Gasteiger partial charge in [0.2, 0.25) is 5.91 Å². The number of ether oxygens (including phenoxy) is 1. The first kappa shape index (κ1) is 11.4. The zero-order valence-corrected chi connectivity index (χ0v) is 9.34. The zero-order chi connectivity index (χ0) is 12.4. The number of carbonyl (C=O) groups is 2. The van der Waals surface area contributed by atoms with Crippen LogP contribution in [-0.4, -0.2) is 30.6 Å². The van der Waals surface area contributed by atoms with Crippen LogP contribution >= 0.6 is 0 Å². The lowest BCUT2D eigenvalue weighted by atomic mass is 9.88. The molecule has 2 N–H and O–H groups in total. The number of carbonyl (C=O) groups excluding carboxylic acids is 1. The van der Waals surface area contributed by atoms with Gasteiger partial charge in [-0.1, -0.05) is 12.1 Å². The molecule has 1 fully saturated rings. The van der Waals surface area contributed by atoms with Crippen LogP contribution in [0, 0.1) is 5.92 Å². The highest BCUT2D eigenvalue weighted by Gasteiger charge is 2.40. The zero-order valence-electron chi connectivity index (χ0n) is 9.34. The van der Waals surface area contributed by atoms with Crippen LogP contribution in [-0.2, 0) is 9.59 Å². The molecule has 2 rings (SSSR count). The van der Waals surface area contributed by atoms with Crippen LogP contribution < -0.4 is 10.1 Å². The molecule has 5 heteroatoms. The summed E-state index contributed by atoms with van der Waals surface area (Å²) in [4.78, 5) is 22.4. The van der Waals surface area contributed by atoms with Gasteiger partial charge < -0.3 is 15.2 Å². The molecule has 1 aromatic rings. The summed E-state index contributed by atoms with van der Waals surface area (Å²) < 4.78 is 5.03. The smallest absolute Gasteiger partial charge is 0.316 e. The molecule has 5 nitrogen and oxygen atoms in total. The molecule has 0 saturated carbocycles. The van der Waals surface area contributed by atoms with E-state index < -0.39 is 17.8 Å². The first-order valence-electron chi connectivity index (χ1n) is 5.28. The molecule has 1 saturated heterocycles. The Hall–Kier alpha value is -2.04. The molecule has 90 valence electrons. The molecule has 1 amide bonds. The van der Waals surface area contributed by atoms with Gasteiger partial charge in [0.15, 0.2) is 0 Å². The number of hydrogen-bond acceptors (Lipinski definition) is 3. The second kappa shape index (κ2) is 4.45. The van der Waals surface area contributed by atoms with Gasteiger partial charge in [0.1, 0.15) is 11.7 Å². The Morgan fingerprint density at radius 3 is 2.59 bits per heavy atom. The van der Waals surface area contributed by atoms with Gasteiger partial charge in [-0.05, 0) is 17.7 Å². The number of rotatable bonds is 3. The fourth-order valence-electron chi connectivity index (χ4n) is 2.07. The summed E-state index contributed by atoms with van der Waals surface area (Å²) in [5.41, 5.74) is 0.830. The standard InChI is InChI=1S/C12H13NO4/c1-17-8-4-2-7(3-5-8)9-6-13-11(14)10(9)12(15)16/h2-5,9-10H,6H2,1H3,(H,13,14)(H,15,16)/t9-,10+/m0/s1. The normalized spacial score (nSPS) is 23.2. The van der Waals surface area contributed by atoms with Crippen LogP contribution in [0.25, 0.3) is 0 Å². The minimum Gasteiger partial charge on any atom is -0.497 e. The van der Waals surface area contributed by atoms with E-state index in [9.17, 15) is 9.59 Å². The largest absolute Gasteiger partial charge is 0.497 e. The van der Waals surface area contributed by atoms with E-state index in [1.807, 2.05) is 0 Å².